The van der Waals surface area contributed by atoms with Crippen LogP contribution in [0.15, 0.2) is 125 Å². The zero-order valence-electron chi connectivity index (χ0n) is 26.1. The second-order valence-corrected chi connectivity index (χ2v) is 13.3. The van der Waals surface area contributed by atoms with Crippen molar-refractivity contribution in [3.63, 3.8) is 0 Å². The predicted molar refractivity (Wildman–Crippen MR) is 197 cm³/mol. The van der Waals surface area contributed by atoms with Crippen LogP contribution in [0.2, 0.25) is 5.02 Å². The van der Waals surface area contributed by atoms with Gasteiger partial charge in [0.2, 0.25) is 0 Å². The third kappa shape index (κ3) is 6.27. The Balaban J connectivity index is 1.36. The summed E-state index contributed by atoms with van der Waals surface area (Å²) in [6.07, 6.45) is 0.646. The van der Waals surface area contributed by atoms with Gasteiger partial charge in [-0.2, -0.15) is 0 Å². The van der Waals surface area contributed by atoms with Gasteiger partial charge < -0.3 is 4.74 Å². The van der Waals surface area contributed by atoms with Crippen molar-refractivity contribution in [2.75, 3.05) is 6.61 Å². The first-order valence-electron chi connectivity index (χ1n) is 15.6. The Morgan fingerprint density at radius 3 is 2.35 bits per heavy atom. The number of rotatable bonds is 10. The van der Waals surface area contributed by atoms with Crippen molar-refractivity contribution >= 4 is 61.8 Å². The van der Waals surface area contributed by atoms with Crippen molar-refractivity contribution in [3.05, 3.63) is 147 Å². The van der Waals surface area contributed by atoms with Gasteiger partial charge in [-0.3, -0.25) is 14.3 Å². The average Bonchev–Trinajstić information content (AvgIpc) is 3.55. The number of carbonyl (C=O) groups excluding carboxylic acids is 1. The number of pyridine rings is 1. The number of benzene rings is 4. The Labute approximate surface area is 291 Å². The first kappa shape index (κ1) is 31.8. The number of hydrogen-bond acceptors (Lipinski definition) is 7. The highest BCUT2D eigenvalue weighted by atomic mass is 35.5. The minimum atomic E-state index is -0.433. The topological polar surface area (TPSA) is 74.1 Å². The summed E-state index contributed by atoms with van der Waals surface area (Å²) in [4.78, 5) is 38.8. The van der Waals surface area contributed by atoms with Crippen LogP contribution in [-0.2, 0) is 23.5 Å². The van der Waals surface area contributed by atoms with E-state index in [1.54, 1.807) is 11.5 Å². The maximum absolute atomic E-state index is 14.4. The highest BCUT2D eigenvalue weighted by Crippen LogP contribution is 2.38. The second-order valence-electron chi connectivity index (χ2n) is 11.1. The van der Waals surface area contributed by atoms with Gasteiger partial charge in [-0.1, -0.05) is 120 Å². The third-order valence-electron chi connectivity index (χ3n) is 8.14. The molecule has 0 bridgehead atoms. The minimum absolute atomic E-state index is 0.128. The van der Waals surface area contributed by atoms with Gasteiger partial charge in [-0.05, 0) is 36.6 Å². The van der Waals surface area contributed by atoms with Crippen LogP contribution in [-0.4, -0.2) is 27.1 Å². The molecule has 0 saturated heterocycles. The van der Waals surface area contributed by atoms with E-state index in [-0.39, 0.29) is 12.2 Å². The number of carbonyl (C=O) groups is 1. The van der Waals surface area contributed by atoms with Crippen LogP contribution in [0.1, 0.15) is 28.5 Å². The standard InChI is InChI=1S/C39H30ClN3O3S2/c1-2-46-38(45)35-32(41-31-20-12-10-18-28(31)33(35)26-15-7-4-8-16-26)24-48-39-42-36-34(29(23-47-36)27-17-9-11-19-30(27)40)37(44)43(39)22-21-25-13-5-3-6-14-25/h3-20,23H,2,21-22,24H2,1H3. The summed E-state index contributed by atoms with van der Waals surface area (Å²) in [5.41, 5.74) is 6.00. The molecule has 3 aromatic heterocycles. The van der Waals surface area contributed by atoms with Gasteiger partial charge in [-0.15, -0.1) is 11.3 Å². The Hall–Kier alpha value is -4.76. The first-order chi connectivity index (χ1) is 23.5. The summed E-state index contributed by atoms with van der Waals surface area (Å²) in [6.45, 7) is 2.46. The van der Waals surface area contributed by atoms with Gasteiger partial charge in [0.05, 0.1) is 28.8 Å². The average molecular weight is 688 g/mol. The largest absolute Gasteiger partial charge is 0.462 e. The van der Waals surface area contributed by atoms with Crippen molar-refractivity contribution in [2.45, 2.75) is 30.8 Å². The van der Waals surface area contributed by atoms with E-state index in [0.29, 0.717) is 50.4 Å². The minimum Gasteiger partial charge on any atom is -0.462 e. The van der Waals surface area contributed by atoms with E-state index in [9.17, 15) is 9.59 Å². The molecule has 0 aliphatic carbocycles. The van der Waals surface area contributed by atoms with Gasteiger partial charge in [0.1, 0.15) is 4.83 Å². The van der Waals surface area contributed by atoms with E-state index in [4.69, 9.17) is 26.3 Å². The van der Waals surface area contributed by atoms with E-state index < -0.39 is 5.97 Å². The summed E-state index contributed by atoms with van der Waals surface area (Å²) in [5.74, 6) is -0.136. The molecule has 9 heteroatoms. The van der Waals surface area contributed by atoms with Crippen molar-refractivity contribution in [1.82, 2.24) is 14.5 Å². The monoisotopic (exact) mass is 687 g/mol. The van der Waals surface area contributed by atoms with Crippen LogP contribution in [0.4, 0.5) is 0 Å². The summed E-state index contributed by atoms with van der Waals surface area (Å²) in [7, 11) is 0. The quantitative estimate of drug-likeness (QED) is 0.0810. The number of nitrogens with zero attached hydrogens (tertiary/aromatic N) is 3. The summed E-state index contributed by atoms with van der Waals surface area (Å²) >= 11 is 9.40. The van der Waals surface area contributed by atoms with Crippen molar-refractivity contribution < 1.29 is 9.53 Å². The fourth-order valence-electron chi connectivity index (χ4n) is 5.90. The molecule has 0 spiro atoms. The fraction of sp³-hybridized carbons (Fsp3) is 0.128. The van der Waals surface area contributed by atoms with E-state index in [2.05, 4.69) is 12.1 Å². The zero-order valence-corrected chi connectivity index (χ0v) is 28.4. The molecule has 48 heavy (non-hydrogen) atoms. The number of thiophene rings is 1. The number of halogens is 1. The van der Waals surface area contributed by atoms with Crippen LogP contribution in [0, 0.1) is 0 Å². The number of para-hydroxylation sites is 1. The van der Waals surface area contributed by atoms with Gasteiger partial charge in [-0.25, -0.2) is 9.78 Å². The SMILES string of the molecule is CCOC(=O)c1c(CSc2nc3scc(-c4ccccc4Cl)c3c(=O)n2CCc2ccccc2)nc2ccccc2c1-c1ccccc1. The summed E-state index contributed by atoms with van der Waals surface area (Å²) in [5, 5.41) is 4.50. The third-order valence-corrected chi connectivity index (χ3v) is 10.3. The Morgan fingerprint density at radius 1 is 0.875 bits per heavy atom. The maximum Gasteiger partial charge on any atom is 0.340 e. The van der Waals surface area contributed by atoms with Gasteiger partial charge in [0, 0.05) is 44.8 Å². The smallest absolute Gasteiger partial charge is 0.340 e. The lowest BCUT2D eigenvalue weighted by molar-refractivity contribution is 0.0526. The number of aryl methyl sites for hydroxylation is 1. The lowest BCUT2D eigenvalue weighted by Crippen LogP contribution is -2.24. The van der Waals surface area contributed by atoms with E-state index in [0.717, 1.165) is 38.7 Å². The number of ether oxygens (including phenoxy) is 1. The molecule has 6 nitrogen and oxygen atoms in total. The molecule has 7 aromatic rings. The Kier molecular flexibility index (Phi) is 9.38. The van der Waals surface area contributed by atoms with Crippen LogP contribution < -0.4 is 5.56 Å². The molecule has 0 unspecified atom stereocenters. The lowest BCUT2D eigenvalue weighted by Gasteiger charge is -2.17. The maximum atomic E-state index is 14.4. The van der Waals surface area contributed by atoms with E-state index >= 15 is 0 Å². The van der Waals surface area contributed by atoms with E-state index in [1.165, 1.54) is 23.1 Å². The zero-order chi connectivity index (χ0) is 33.0. The fourth-order valence-corrected chi connectivity index (χ4v) is 8.09. The molecule has 0 N–H and O–H groups in total. The normalized spacial score (nSPS) is 11.3. The van der Waals surface area contributed by atoms with Crippen LogP contribution in [0.5, 0.6) is 0 Å². The molecule has 0 atom stereocenters. The van der Waals surface area contributed by atoms with Crippen LogP contribution in [0.3, 0.4) is 0 Å². The number of fused-ring (bicyclic) bond motifs is 2. The first-order valence-corrected chi connectivity index (χ1v) is 17.9. The Morgan fingerprint density at radius 2 is 1.58 bits per heavy atom. The van der Waals surface area contributed by atoms with Crippen LogP contribution >= 0.6 is 34.7 Å². The molecular weight excluding hydrogens is 658 g/mol. The van der Waals surface area contributed by atoms with Gasteiger partial charge >= 0.3 is 5.97 Å². The van der Waals surface area contributed by atoms with Crippen LogP contribution in [0.25, 0.3) is 43.4 Å². The molecule has 0 aliphatic heterocycles. The van der Waals surface area contributed by atoms with Gasteiger partial charge in [0.25, 0.3) is 5.56 Å². The van der Waals surface area contributed by atoms with Gasteiger partial charge in [0.15, 0.2) is 5.16 Å². The number of esters is 1. The van der Waals surface area contributed by atoms with E-state index in [1.807, 2.05) is 102 Å². The van der Waals surface area contributed by atoms with Crippen molar-refractivity contribution in [1.29, 1.82) is 0 Å². The lowest BCUT2D eigenvalue weighted by atomic mass is 9.94. The molecule has 4 aromatic carbocycles. The molecule has 0 saturated carbocycles. The molecular formula is C39H30ClN3O3S2. The molecule has 3 heterocycles. The summed E-state index contributed by atoms with van der Waals surface area (Å²) < 4.78 is 7.35. The number of thioether (sulfide) groups is 1. The molecule has 7 rings (SSSR count). The highest BCUT2D eigenvalue weighted by molar-refractivity contribution is 7.98. The number of hydrogen-bond donors (Lipinski definition) is 0. The summed E-state index contributed by atoms with van der Waals surface area (Å²) in [6, 6.07) is 35.3. The highest BCUT2D eigenvalue weighted by Gasteiger charge is 2.25. The van der Waals surface area contributed by atoms with Crippen molar-refractivity contribution in [2.24, 2.45) is 0 Å². The molecule has 0 radical (unpaired) electrons. The molecule has 0 amide bonds. The second kappa shape index (κ2) is 14.2. The molecule has 238 valence electrons. The predicted octanol–water partition coefficient (Wildman–Crippen LogP) is 9.71. The molecule has 0 fully saturated rings. The number of aromatic nitrogens is 3. The van der Waals surface area contributed by atoms with Crippen molar-refractivity contribution in [3.8, 4) is 22.3 Å². The molecule has 0 aliphatic rings. The Bertz CT molecular complexity index is 2320.